The van der Waals surface area contributed by atoms with Crippen LogP contribution in [0.1, 0.15) is 13.8 Å². The number of carbonyl (C=O) groups is 2. The molecular weight excluding hydrogens is 216 g/mol. The van der Waals surface area contributed by atoms with Gasteiger partial charge in [0.1, 0.15) is 5.51 Å². The molecule has 2 amide bonds. The second-order valence-electron chi connectivity index (χ2n) is 3.30. The molecule has 0 unspecified atom stereocenters. The molecule has 0 spiro atoms. The minimum atomic E-state index is -0.715. The van der Waals surface area contributed by atoms with E-state index >= 15 is 0 Å². The summed E-state index contributed by atoms with van der Waals surface area (Å²) < 4.78 is 0. The SMILES string of the molecule is CC(C)CNC(=O)C(=O)Nc1nncs1. The van der Waals surface area contributed by atoms with Crippen molar-refractivity contribution in [3.8, 4) is 0 Å². The van der Waals surface area contributed by atoms with Gasteiger partial charge in [0, 0.05) is 6.54 Å². The largest absolute Gasteiger partial charge is 0.348 e. The number of aromatic nitrogens is 2. The van der Waals surface area contributed by atoms with Crippen molar-refractivity contribution in [2.45, 2.75) is 13.8 Å². The standard InChI is InChI=1S/C8H12N4O2S/c1-5(2)3-9-6(13)7(14)11-8-12-10-4-15-8/h4-5H,3H2,1-2H3,(H,9,13)(H,11,12,14). The first-order valence-corrected chi connectivity index (χ1v) is 5.33. The second kappa shape index (κ2) is 5.40. The fraction of sp³-hybridized carbons (Fsp3) is 0.500. The summed E-state index contributed by atoms with van der Waals surface area (Å²) in [6.07, 6.45) is 0. The molecule has 82 valence electrons. The summed E-state index contributed by atoms with van der Waals surface area (Å²) in [5, 5.41) is 12.3. The van der Waals surface area contributed by atoms with Crippen LogP contribution in [-0.4, -0.2) is 28.6 Å². The zero-order chi connectivity index (χ0) is 11.3. The molecule has 0 fully saturated rings. The Bertz CT molecular complexity index is 336. The van der Waals surface area contributed by atoms with Gasteiger partial charge in [-0.2, -0.15) is 0 Å². The van der Waals surface area contributed by atoms with Crippen molar-refractivity contribution >= 4 is 28.3 Å². The van der Waals surface area contributed by atoms with Gasteiger partial charge in [-0.25, -0.2) is 0 Å². The monoisotopic (exact) mass is 228 g/mol. The van der Waals surface area contributed by atoms with E-state index in [4.69, 9.17) is 0 Å². The molecule has 0 saturated heterocycles. The zero-order valence-corrected chi connectivity index (χ0v) is 9.30. The van der Waals surface area contributed by atoms with E-state index in [2.05, 4.69) is 20.8 Å². The van der Waals surface area contributed by atoms with E-state index in [1.165, 1.54) is 5.51 Å². The Morgan fingerprint density at radius 3 is 2.73 bits per heavy atom. The molecule has 0 atom stereocenters. The van der Waals surface area contributed by atoms with Crippen molar-refractivity contribution in [1.82, 2.24) is 15.5 Å². The highest BCUT2D eigenvalue weighted by Gasteiger charge is 2.14. The Hall–Kier alpha value is -1.50. The van der Waals surface area contributed by atoms with Crippen molar-refractivity contribution in [1.29, 1.82) is 0 Å². The first kappa shape index (κ1) is 11.6. The van der Waals surface area contributed by atoms with Gasteiger partial charge < -0.3 is 5.32 Å². The summed E-state index contributed by atoms with van der Waals surface area (Å²) in [5.41, 5.74) is 1.47. The average Bonchev–Trinajstić information content (AvgIpc) is 2.66. The van der Waals surface area contributed by atoms with Crippen LogP contribution in [-0.2, 0) is 9.59 Å². The van der Waals surface area contributed by atoms with Crippen LogP contribution in [0.15, 0.2) is 5.51 Å². The number of carbonyl (C=O) groups excluding carboxylic acids is 2. The predicted molar refractivity (Wildman–Crippen MR) is 56.4 cm³/mol. The first-order chi connectivity index (χ1) is 7.09. The van der Waals surface area contributed by atoms with Gasteiger partial charge in [0.25, 0.3) is 0 Å². The zero-order valence-electron chi connectivity index (χ0n) is 8.48. The van der Waals surface area contributed by atoms with Crippen LogP contribution < -0.4 is 10.6 Å². The fourth-order valence-corrected chi connectivity index (χ4v) is 1.20. The Kier molecular flexibility index (Phi) is 4.17. The topological polar surface area (TPSA) is 84.0 Å². The van der Waals surface area contributed by atoms with Gasteiger partial charge in [-0.15, -0.1) is 10.2 Å². The minimum Gasteiger partial charge on any atom is -0.348 e. The number of anilines is 1. The smallest absolute Gasteiger partial charge is 0.315 e. The van der Waals surface area contributed by atoms with Crippen LogP contribution in [0.2, 0.25) is 0 Å². The van der Waals surface area contributed by atoms with E-state index in [1.54, 1.807) is 0 Å². The molecule has 0 aliphatic rings. The van der Waals surface area contributed by atoms with Gasteiger partial charge >= 0.3 is 11.8 Å². The number of amides is 2. The Morgan fingerprint density at radius 1 is 1.47 bits per heavy atom. The van der Waals surface area contributed by atoms with E-state index in [0.29, 0.717) is 17.6 Å². The van der Waals surface area contributed by atoms with Crippen LogP contribution in [0.25, 0.3) is 0 Å². The van der Waals surface area contributed by atoms with Gasteiger partial charge in [0.15, 0.2) is 0 Å². The normalized spacial score (nSPS) is 10.1. The predicted octanol–water partition coefficient (Wildman–Crippen LogP) is 0.249. The molecule has 0 saturated carbocycles. The summed E-state index contributed by atoms with van der Waals surface area (Å²) in [7, 11) is 0. The van der Waals surface area contributed by atoms with E-state index in [0.717, 1.165) is 11.3 Å². The van der Waals surface area contributed by atoms with Crippen molar-refractivity contribution < 1.29 is 9.59 Å². The minimum absolute atomic E-state index is 0.309. The molecule has 0 aliphatic heterocycles. The van der Waals surface area contributed by atoms with E-state index in [1.807, 2.05) is 13.8 Å². The summed E-state index contributed by atoms with van der Waals surface area (Å²) in [5.74, 6) is -1.06. The lowest BCUT2D eigenvalue weighted by molar-refractivity contribution is -0.136. The maximum atomic E-state index is 11.2. The summed E-state index contributed by atoms with van der Waals surface area (Å²) >= 11 is 1.16. The molecule has 0 radical (unpaired) electrons. The van der Waals surface area contributed by atoms with Crippen molar-refractivity contribution in [3.05, 3.63) is 5.51 Å². The molecule has 1 aromatic heterocycles. The Labute approximate surface area is 91.1 Å². The first-order valence-electron chi connectivity index (χ1n) is 4.45. The van der Waals surface area contributed by atoms with E-state index in [-0.39, 0.29) is 0 Å². The lowest BCUT2D eigenvalue weighted by atomic mass is 10.2. The molecule has 0 aromatic carbocycles. The van der Waals surface area contributed by atoms with Crippen LogP contribution in [0.5, 0.6) is 0 Å². The Balaban J connectivity index is 2.37. The van der Waals surface area contributed by atoms with Gasteiger partial charge in [-0.05, 0) is 5.92 Å². The van der Waals surface area contributed by atoms with Crippen LogP contribution in [0.4, 0.5) is 5.13 Å². The molecule has 2 N–H and O–H groups in total. The van der Waals surface area contributed by atoms with Gasteiger partial charge in [0.05, 0.1) is 0 Å². The summed E-state index contributed by atoms with van der Waals surface area (Å²) in [6.45, 7) is 4.37. The molecule has 15 heavy (non-hydrogen) atoms. The summed E-state index contributed by atoms with van der Waals surface area (Å²) in [6, 6.07) is 0. The summed E-state index contributed by atoms with van der Waals surface area (Å²) in [4.78, 5) is 22.4. The number of rotatable bonds is 3. The number of hydrogen-bond acceptors (Lipinski definition) is 5. The maximum absolute atomic E-state index is 11.2. The van der Waals surface area contributed by atoms with Crippen molar-refractivity contribution in [2.24, 2.45) is 5.92 Å². The van der Waals surface area contributed by atoms with Crippen molar-refractivity contribution in [2.75, 3.05) is 11.9 Å². The molecule has 0 aliphatic carbocycles. The molecule has 7 heteroatoms. The van der Waals surface area contributed by atoms with Crippen LogP contribution in [0, 0.1) is 5.92 Å². The quantitative estimate of drug-likeness (QED) is 0.726. The highest BCUT2D eigenvalue weighted by Crippen LogP contribution is 2.07. The van der Waals surface area contributed by atoms with E-state index in [9.17, 15) is 9.59 Å². The number of hydrogen-bond donors (Lipinski definition) is 2. The number of nitrogens with one attached hydrogen (secondary N) is 2. The molecule has 1 rings (SSSR count). The third-order valence-electron chi connectivity index (χ3n) is 1.46. The molecule has 6 nitrogen and oxygen atoms in total. The van der Waals surface area contributed by atoms with Gasteiger partial charge in [0.2, 0.25) is 5.13 Å². The third kappa shape index (κ3) is 4.03. The lowest BCUT2D eigenvalue weighted by Crippen LogP contribution is -2.37. The molecule has 1 heterocycles. The highest BCUT2D eigenvalue weighted by molar-refractivity contribution is 7.13. The average molecular weight is 228 g/mol. The van der Waals surface area contributed by atoms with Crippen molar-refractivity contribution in [3.63, 3.8) is 0 Å². The Morgan fingerprint density at radius 2 is 2.20 bits per heavy atom. The van der Waals surface area contributed by atoms with E-state index < -0.39 is 11.8 Å². The maximum Gasteiger partial charge on any atom is 0.315 e. The third-order valence-corrected chi connectivity index (χ3v) is 2.06. The van der Waals surface area contributed by atoms with Gasteiger partial charge in [-0.1, -0.05) is 25.2 Å². The number of nitrogens with zero attached hydrogens (tertiary/aromatic N) is 2. The van der Waals surface area contributed by atoms with Gasteiger partial charge in [-0.3, -0.25) is 14.9 Å². The van der Waals surface area contributed by atoms with Crippen LogP contribution in [0.3, 0.4) is 0 Å². The molecule has 1 aromatic rings. The molecular formula is C8H12N4O2S. The molecule has 0 bridgehead atoms. The van der Waals surface area contributed by atoms with Crippen LogP contribution >= 0.6 is 11.3 Å². The highest BCUT2D eigenvalue weighted by atomic mass is 32.1. The lowest BCUT2D eigenvalue weighted by Gasteiger charge is -2.06. The fourth-order valence-electron chi connectivity index (χ4n) is 0.759. The second-order valence-corrected chi connectivity index (χ2v) is 4.14.